The van der Waals surface area contributed by atoms with Gasteiger partial charge >= 0.3 is 0 Å². The molecular weight excluding hydrogens is 329 g/mol. The minimum Gasteiger partial charge on any atom is -0.299 e. The van der Waals surface area contributed by atoms with Crippen LogP contribution in [0.5, 0.6) is 0 Å². The number of aromatic nitrogens is 2. The fraction of sp³-hybridized carbons (Fsp3) is 0.111. The standard InChI is InChI=1S/C18H15Cl2N3/c19-14-7-8-16(20)15(11-14)18(13-5-2-1-3-6-13)23-12-17-21-9-4-10-22-17/h1-11,18,23H,12H2/t18-/m1/s1. The van der Waals surface area contributed by atoms with Gasteiger partial charge in [0.1, 0.15) is 5.82 Å². The van der Waals surface area contributed by atoms with E-state index in [0.29, 0.717) is 16.6 Å². The summed E-state index contributed by atoms with van der Waals surface area (Å²) in [7, 11) is 0. The molecule has 0 aliphatic rings. The lowest BCUT2D eigenvalue weighted by molar-refractivity contribution is 0.586. The van der Waals surface area contributed by atoms with Crippen LogP contribution in [-0.2, 0) is 6.54 Å². The van der Waals surface area contributed by atoms with Gasteiger partial charge in [0.15, 0.2) is 0 Å². The second kappa shape index (κ2) is 7.55. The molecule has 0 bridgehead atoms. The van der Waals surface area contributed by atoms with E-state index in [0.717, 1.165) is 17.0 Å². The number of rotatable bonds is 5. The number of nitrogens with zero attached hydrogens (tertiary/aromatic N) is 2. The van der Waals surface area contributed by atoms with E-state index in [2.05, 4.69) is 27.4 Å². The van der Waals surface area contributed by atoms with Crippen LogP contribution in [0.4, 0.5) is 0 Å². The first-order valence-corrected chi connectivity index (χ1v) is 7.99. The highest BCUT2D eigenvalue weighted by molar-refractivity contribution is 6.33. The third-order valence-electron chi connectivity index (χ3n) is 3.49. The average molecular weight is 344 g/mol. The molecule has 2 aromatic carbocycles. The van der Waals surface area contributed by atoms with Crippen molar-refractivity contribution in [2.24, 2.45) is 0 Å². The number of benzene rings is 2. The Labute approximate surface area is 145 Å². The molecule has 0 saturated heterocycles. The molecule has 1 aromatic heterocycles. The molecule has 1 N–H and O–H groups in total. The van der Waals surface area contributed by atoms with Gasteiger partial charge in [0.2, 0.25) is 0 Å². The zero-order chi connectivity index (χ0) is 16.1. The monoisotopic (exact) mass is 343 g/mol. The molecule has 0 radical (unpaired) electrons. The van der Waals surface area contributed by atoms with E-state index in [9.17, 15) is 0 Å². The van der Waals surface area contributed by atoms with Crippen molar-refractivity contribution < 1.29 is 0 Å². The van der Waals surface area contributed by atoms with Crippen LogP contribution in [0, 0.1) is 0 Å². The summed E-state index contributed by atoms with van der Waals surface area (Å²) in [6.45, 7) is 0.531. The zero-order valence-corrected chi connectivity index (χ0v) is 13.8. The third-order valence-corrected chi connectivity index (χ3v) is 4.06. The maximum Gasteiger partial charge on any atom is 0.141 e. The van der Waals surface area contributed by atoms with Crippen molar-refractivity contribution in [3.63, 3.8) is 0 Å². The SMILES string of the molecule is Clc1ccc(Cl)c([C@H](NCc2ncccn2)c2ccccc2)c1. The van der Waals surface area contributed by atoms with Gasteiger partial charge in [-0.25, -0.2) is 9.97 Å². The summed E-state index contributed by atoms with van der Waals surface area (Å²) in [5.74, 6) is 0.728. The van der Waals surface area contributed by atoms with E-state index in [1.165, 1.54) is 0 Å². The topological polar surface area (TPSA) is 37.8 Å². The van der Waals surface area contributed by atoms with Crippen LogP contribution in [0.3, 0.4) is 0 Å². The van der Waals surface area contributed by atoms with Crippen LogP contribution in [0.2, 0.25) is 10.0 Å². The molecule has 23 heavy (non-hydrogen) atoms. The summed E-state index contributed by atoms with van der Waals surface area (Å²) in [5, 5.41) is 4.80. The maximum atomic E-state index is 6.39. The molecule has 3 aromatic rings. The van der Waals surface area contributed by atoms with E-state index < -0.39 is 0 Å². The van der Waals surface area contributed by atoms with Crippen LogP contribution >= 0.6 is 23.2 Å². The summed E-state index contributed by atoms with van der Waals surface area (Å²) in [6, 6.07) is 17.3. The molecule has 0 saturated carbocycles. The summed E-state index contributed by atoms with van der Waals surface area (Å²) in [5.41, 5.74) is 2.04. The van der Waals surface area contributed by atoms with Crippen molar-refractivity contribution in [2.45, 2.75) is 12.6 Å². The number of hydrogen-bond acceptors (Lipinski definition) is 3. The van der Waals surface area contributed by atoms with Crippen molar-refractivity contribution in [1.29, 1.82) is 0 Å². The quantitative estimate of drug-likeness (QED) is 0.731. The van der Waals surface area contributed by atoms with Crippen molar-refractivity contribution in [3.8, 4) is 0 Å². The molecule has 0 spiro atoms. The Hall–Kier alpha value is -1.94. The number of halogens is 2. The Balaban J connectivity index is 1.92. The molecule has 0 aliphatic heterocycles. The highest BCUT2D eigenvalue weighted by atomic mass is 35.5. The minimum absolute atomic E-state index is 0.0915. The predicted octanol–water partition coefficient (Wildman–Crippen LogP) is 4.66. The Morgan fingerprint density at radius 2 is 1.65 bits per heavy atom. The fourth-order valence-corrected chi connectivity index (χ4v) is 2.81. The maximum absolute atomic E-state index is 6.39. The zero-order valence-electron chi connectivity index (χ0n) is 12.3. The van der Waals surface area contributed by atoms with Crippen LogP contribution in [0.25, 0.3) is 0 Å². The van der Waals surface area contributed by atoms with E-state index in [1.54, 1.807) is 24.5 Å². The Kier molecular flexibility index (Phi) is 5.23. The second-order valence-corrected chi connectivity index (χ2v) is 5.90. The summed E-state index contributed by atoms with van der Waals surface area (Å²) in [4.78, 5) is 8.49. The Morgan fingerprint density at radius 3 is 2.39 bits per heavy atom. The van der Waals surface area contributed by atoms with Crippen LogP contribution in [-0.4, -0.2) is 9.97 Å². The predicted molar refractivity (Wildman–Crippen MR) is 93.6 cm³/mol. The fourth-order valence-electron chi connectivity index (χ4n) is 2.40. The first-order chi connectivity index (χ1) is 11.2. The number of hydrogen-bond donors (Lipinski definition) is 1. The van der Waals surface area contributed by atoms with E-state index in [-0.39, 0.29) is 6.04 Å². The lowest BCUT2D eigenvalue weighted by Crippen LogP contribution is -2.23. The highest BCUT2D eigenvalue weighted by Crippen LogP contribution is 2.30. The molecule has 5 heteroatoms. The Morgan fingerprint density at radius 1 is 0.913 bits per heavy atom. The van der Waals surface area contributed by atoms with Crippen molar-refractivity contribution in [2.75, 3.05) is 0 Å². The Bertz CT molecular complexity index is 764. The molecule has 0 amide bonds. The van der Waals surface area contributed by atoms with E-state index in [1.807, 2.05) is 30.3 Å². The lowest BCUT2D eigenvalue weighted by Gasteiger charge is -2.21. The molecule has 116 valence electrons. The first kappa shape index (κ1) is 15.9. The molecular formula is C18H15Cl2N3. The van der Waals surface area contributed by atoms with Gasteiger partial charge in [-0.1, -0.05) is 53.5 Å². The van der Waals surface area contributed by atoms with Crippen molar-refractivity contribution in [1.82, 2.24) is 15.3 Å². The lowest BCUT2D eigenvalue weighted by atomic mass is 9.98. The summed E-state index contributed by atoms with van der Waals surface area (Å²) >= 11 is 12.5. The highest BCUT2D eigenvalue weighted by Gasteiger charge is 2.17. The van der Waals surface area contributed by atoms with Crippen LogP contribution in [0.1, 0.15) is 23.0 Å². The first-order valence-electron chi connectivity index (χ1n) is 7.23. The van der Waals surface area contributed by atoms with Gasteiger partial charge in [-0.3, -0.25) is 5.32 Å². The minimum atomic E-state index is -0.0915. The van der Waals surface area contributed by atoms with Gasteiger partial charge < -0.3 is 0 Å². The van der Waals surface area contributed by atoms with Crippen LogP contribution < -0.4 is 5.32 Å². The second-order valence-electron chi connectivity index (χ2n) is 5.06. The molecule has 0 aliphatic carbocycles. The summed E-state index contributed by atoms with van der Waals surface area (Å²) < 4.78 is 0. The third kappa shape index (κ3) is 4.08. The normalized spacial score (nSPS) is 12.1. The van der Waals surface area contributed by atoms with Gasteiger partial charge in [-0.15, -0.1) is 0 Å². The summed E-state index contributed by atoms with van der Waals surface area (Å²) in [6.07, 6.45) is 3.46. The van der Waals surface area contributed by atoms with Crippen molar-refractivity contribution in [3.05, 3.63) is 94.0 Å². The smallest absolute Gasteiger partial charge is 0.141 e. The van der Waals surface area contributed by atoms with E-state index in [4.69, 9.17) is 23.2 Å². The molecule has 0 unspecified atom stereocenters. The van der Waals surface area contributed by atoms with Crippen LogP contribution in [0.15, 0.2) is 67.0 Å². The molecule has 1 heterocycles. The van der Waals surface area contributed by atoms with Crippen molar-refractivity contribution >= 4 is 23.2 Å². The van der Waals surface area contributed by atoms with E-state index >= 15 is 0 Å². The van der Waals surface area contributed by atoms with Gasteiger partial charge in [0, 0.05) is 22.4 Å². The molecule has 0 fully saturated rings. The molecule has 3 nitrogen and oxygen atoms in total. The van der Waals surface area contributed by atoms with Gasteiger partial charge in [0.05, 0.1) is 12.6 Å². The average Bonchev–Trinajstić information content (AvgIpc) is 2.60. The van der Waals surface area contributed by atoms with Gasteiger partial charge in [-0.2, -0.15) is 0 Å². The largest absolute Gasteiger partial charge is 0.299 e. The number of nitrogens with one attached hydrogen (secondary N) is 1. The molecule has 3 rings (SSSR count). The van der Waals surface area contributed by atoms with Gasteiger partial charge in [0.25, 0.3) is 0 Å². The molecule has 1 atom stereocenters. The van der Waals surface area contributed by atoms with Gasteiger partial charge in [-0.05, 0) is 35.4 Å².